The van der Waals surface area contributed by atoms with E-state index in [1.807, 2.05) is 27.7 Å². The van der Waals surface area contributed by atoms with Crippen molar-refractivity contribution in [3.05, 3.63) is 0 Å². The van der Waals surface area contributed by atoms with E-state index in [1.165, 1.54) is 0 Å². The standard InChI is InChI=1S/C12H21ClO2/c1-8-7-9(13)5-6-12(8,10(14)15)11(2,3)4/h8-9H,5-7H2,1-4H3,(H,14,15). The highest BCUT2D eigenvalue weighted by Crippen LogP contribution is 2.53. The van der Waals surface area contributed by atoms with Gasteiger partial charge in [0.15, 0.2) is 0 Å². The monoisotopic (exact) mass is 232 g/mol. The fourth-order valence-corrected chi connectivity index (χ4v) is 3.46. The van der Waals surface area contributed by atoms with Crippen LogP contribution in [-0.2, 0) is 4.79 Å². The molecule has 0 bridgehead atoms. The first kappa shape index (κ1) is 12.8. The SMILES string of the molecule is CC1CC(Cl)CCC1(C(=O)O)C(C)(C)C. The molecule has 0 spiro atoms. The van der Waals surface area contributed by atoms with Gasteiger partial charge in [-0.05, 0) is 30.6 Å². The molecule has 2 nitrogen and oxygen atoms in total. The molecule has 15 heavy (non-hydrogen) atoms. The predicted octanol–water partition coefficient (Wildman–Crippen LogP) is 3.53. The van der Waals surface area contributed by atoms with E-state index in [0.717, 1.165) is 12.8 Å². The van der Waals surface area contributed by atoms with Crippen LogP contribution in [0.4, 0.5) is 0 Å². The molecule has 3 heteroatoms. The van der Waals surface area contributed by atoms with Crippen LogP contribution in [0.15, 0.2) is 0 Å². The van der Waals surface area contributed by atoms with E-state index in [1.54, 1.807) is 0 Å². The molecule has 0 aliphatic heterocycles. The molecular formula is C12H21ClO2. The van der Waals surface area contributed by atoms with Crippen molar-refractivity contribution < 1.29 is 9.90 Å². The Morgan fingerprint density at radius 3 is 2.33 bits per heavy atom. The number of hydrogen-bond acceptors (Lipinski definition) is 1. The molecule has 3 unspecified atom stereocenters. The number of halogens is 1. The minimum atomic E-state index is -0.661. The quantitative estimate of drug-likeness (QED) is 0.703. The van der Waals surface area contributed by atoms with Gasteiger partial charge in [0, 0.05) is 5.38 Å². The molecule has 1 aliphatic carbocycles. The first-order valence-electron chi connectivity index (χ1n) is 5.59. The molecule has 3 atom stereocenters. The summed E-state index contributed by atoms with van der Waals surface area (Å²) in [6.07, 6.45) is 2.32. The highest BCUT2D eigenvalue weighted by Gasteiger charge is 2.54. The zero-order chi connectivity index (χ0) is 11.9. The lowest BCUT2D eigenvalue weighted by atomic mass is 9.54. The van der Waals surface area contributed by atoms with Gasteiger partial charge in [0.1, 0.15) is 0 Å². The second kappa shape index (κ2) is 3.97. The van der Waals surface area contributed by atoms with Crippen LogP contribution in [0.1, 0.15) is 47.0 Å². The maximum atomic E-state index is 11.6. The summed E-state index contributed by atoms with van der Waals surface area (Å²) in [6.45, 7) is 8.08. The molecule has 0 aromatic carbocycles. The fraction of sp³-hybridized carbons (Fsp3) is 0.917. The molecule has 1 fully saturated rings. The second-order valence-electron chi connectivity index (χ2n) is 5.80. The van der Waals surface area contributed by atoms with Gasteiger partial charge < -0.3 is 5.11 Å². The van der Waals surface area contributed by atoms with Crippen molar-refractivity contribution in [2.75, 3.05) is 0 Å². The largest absolute Gasteiger partial charge is 0.481 e. The first-order chi connectivity index (χ1) is 6.72. The first-order valence-corrected chi connectivity index (χ1v) is 6.03. The topological polar surface area (TPSA) is 37.3 Å². The van der Waals surface area contributed by atoms with Crippen molar-refractivity contribution in [3.8, 4) is 0 Å². The average Bonchev–Trinajstić information content (AvgIpc) is 2.00. The number of carbonyl (C=O) groups is 1. The normalized spacial score (nSPS) is 37.7. The lowest BCUT2D eigenvalue weighted by molar-refractivity contribution is -0.165. The van der Waals surface area contributed by atoms with E-state index in [0.29, 0.717) is 6.42 Å². The van der Waals surface area contributed by atoms with Crippen LogP contribution in [-0.4, -0.2) is 16.5 Å². The van der Waals surface area contributed by atoms with Gasteiger partial charge in [0.05, 0.1) is 5.41 Å². The second-order valence-corrected chi connectivity index (χ2v) is 6.42. The minimum Gasteiger partial charge on any atom is -0.481 e. The van der Waals surface area contributed by atoms with Crippen molar-refractivity contribution in [1.29, 1.82) is 0 Å². The van der Waals surface area contributed by atoms with Crippen LogP contribution in [0, 0.1) is 16.7 Å². The van der Waals surface area contributed by atoms with E-state index in [2.05, 4.69) is 0 Å². The van der Waals surface area contributed by atoms with Crippen LogP contribution in [0.25, 0.3) is 0 Å². The Labute approximate surface area is 97.0 Å². The predicted molar refractivity (Wildman–Crippen MR) is 62.2 cm³/mol. The lowest BCUT2D eigenvalue weighted by Crippen LogP contribution is -2.51. The molecule has 0 aromatic heterocycles. The van der Waals surface area contributed by atoms with Gasteiger partial charge in [-0.15, -0.1) is 11.6 Å². The summed E-state index contributed by atoms with van der Waals surface area (Å²) in [6, 6.07) is 0. The Bertz CT molecular complexity index is 257. The van der Waals surface area contributed by atoms with Gasteiger partial charge >= 0.3 is 5.97 Å². The van der Waals surface area contributed by atoms with E-state index in [-0.39, 0.29) is 16.7 Å². The van der Waals surface area contributed by atoms with Crippen LogP contribution in [0.5, 0.6) is 0 Å². The van der Waals surface area contributed by atoms with E-state index >= 15 is 0 Å². The Balaban J connectivity index is 3.07. The summed E-state index contributed by atoms with van der Waals surface area (Å²) in [7, 11) is 0. The summed E-state index contributed by atoms with van der Waals surface area (Å²) >= 11 is 6.10. The van der Waals surface area contributed by atoms with E-state index in [4.69, 9.17) is 11.6 Å². The third kappa shape index (κ3) is 2.01. The zero-order valence-corrected chi connectivity index (χ0v) is 10.8. The smallest absolute Gasteiger partial charge is 0.310 e. The van der Waals surface area contributed by atoms with Gasteiger partial charge in [-0.25, -0.2) is 0 Å². The Kier molecular flexibility index (Phi) is 3.39. The average molecular weight is 233 g/mol. The Morgan fingerprint density at radius 2 is 2.00 bits per heavy atom. The zero-order valence-electron chi connectivity index (χ0n) is 10.0. The van der Waals surface area contributed by atoms with Gasteiger partial charge in [0.2, 0.25) is 0 Å². The summed E-state index contributed by atoms with van der Waals surface area (Å²) in [5, 5.41) is 9.69. The van der Waals surface area contributed by atoms with Crippen LogP contribution >= 0.6 is 11.6 Å². The fourth-order valence-electron chi connectivity index (χ4n) is 3.09. The molecule has 1 aliphatic rings. The number of carboxylic acid groups (broad SMARTS) is 1. The van der Waals surface area contributed by atoms with E-state index in [9.17, 15) is 9.90 Å². The van der Waals surface area contributed by atoms with Crippen molar-refractivity contribution in [3.63, 3.8) is 0 Å². The van der Waals surface area contributed by atoms with Crippen molar-refractivity contribution >= 4 is 17.6 Å². The molecule has 1 rings (SSSR count). The summed E-state index contributed by atoms with van der Waals surface area (Å²) in [5.74, 6) is -0.516. The lowest BCUT2D eigenvalue weighted by Gasteiger charge is -2.49. The Hall–Kier alpha value is -0.240. The molecule has 88 valence electrons. The molecular weight excluding hydrogens is 212 g/mol. The van der Waals surface area contributed by atoms with Gasteiger partial charge in [-0.3, -0.25) is 4.79 Å². The third-order valence-electron chi connectivity index (χ3n) is 4.02. The highest BCUT2D eigenvalue weighted by atomic mass is 35.5. The van der Waals surface area contributed by atoms with E-state index < -0.39 is 11.4 Å². The maximum Gasteiger partial charge on any atom is 0.310 e. The number of aliphatic carboxylic acids is 1. The minimum absolute atomic E-state index is 0.145. The molecule has 0 heterocycles. The Morgan fingerprint density at radius 1 is 1.47 bits per heavy atom. The molecule has 0 aromatic rings. The molecule has 0 radical (unpaired) electrons. The molecule has 1 saturated carbocycles. The summed E-state index contributed by atoms with van der Waals surface area (Å²) < 4.78 is 0. The summed E-state index contributed by atoms with van der Waals surface area (Å²) in [4.78, 5) is 11.6. The molecule has 1 N–H and O–H groups in total. The maximum absolute atomic E-state index is 11.6. The van der Waals surface area contributed by atoms with Gasteiger partial charge in [-0.1, -0.05) is 27.7 Å². The number of rotatable bonds is 1. The van der Waals surface area contributed by atoms with Crippen molar-refractivity contribution in [2.45, 2.75) is 52.3 Å². The third-order valence-corrected chi connectivity index (χ3v) is 4.42. The van der Waals surface area contributed by atoms with Crippen LogP contribution in [0.2, 0.25) is 0 Å². The van der Waals surface area contributed by atoms with Crippen molar-refractivity contribution in [2.24, 2.45) is 16.7 Å². The van der Waals surface area contributed by atoms with Crippen LogP contribution in [0.3, 0.4) is 0 Å². The number of alkyl halides is 1. The van der Waals surface area contributed by atoms with Crippen LogP contribution < -0.4 is 0 Å². The van der Waals surface area contributed by atoms with Gasteiger partial charge in [-0.2, -0.15) is 0 Å². The molecule has 0 saturated heterocycles. The summed E-state index contributed by atoms with van der Waals surface area (Å²) in [5.41, 5.74) is -0.826. The molecule has 0 amide bonds. The highest BCUT2D eigenvalue weighted by molar-refractivity contribution is 6.20. The number of carboxylic acids is 1. The number of hydrogen-bond donors (Lipinski definition) is 1. The van der Waals surface area contributed by atoms with Crippen molar-refractivity contribution in [1.82, 2.24) is 0 Å². The van der Waals surface area contributed by atoms with Gasteiger partial charge in [0.25, 0.3) is 0 Å².